The van der Waals surface area contributed by atoms with Crippen LogP contribution in [0, 0.1) is 17.8 Å². The van der Waals surface area contributed by atoms with Gasteiger partial charge in [-0.05, 0) is 31.4 Å². The Balaban J connectivity index is 1.47. The van der Waals surface area contributed by atoms with Gasteiger partial charge in [-0.1, -0.05) is 25.1 Å². The van der Waals surface area contributed by atoms with E-state index in [0.717, 1.165) is 12.1 Å². The first kappa shape index (κ1) is 14.0. The van der Waals surface area contributed by atoms with Crippen molar-refractivity contribution in [2.45, 2.75) is 38.3 Å². The lowest BCUT2D eigenvalue weighted by Gasteiger charge is -2.51. The lowest BCUT2D eigenvalue weighted by Crippen LogP contribution is -2.59. The number of para-hydroxylation sites is 1. The molecular weight excluding hydrogens is 282 g/mol. The number of benzene rings is 1. The van der Waals surface area contributed by atoms with E-state index < -0.39 is 11.7 Å². The third kappa shape index (κ3) is 2.03. The molecule has 0 radical (unpaired) electrons. The SMILES string of the molecule is CC1C2OCC3C1C[C@@H](OC(=O)Nc1ccccc1)C3(C)O2. The Kier molecular flexibility index (Phi) is 3.16. The van der Waals surface area contributed by atoms with Gasteiger partial charge in [0.1, 0.15) is 11.7 Å². The average Bonchev–Trinajstić information content (AvgIpc) is 2.74. The third-order valence-corrected chi connectivity index (χ3v) is 5.56. The van der Waals surface area contributed by atoms with Crippen LogP contribution in [0.2, 0.25) is 0 Å². The highest BCUT2D eigenvalue weighted by atomic mass is 16.7. The summed E-state index contributed by atoms with van der Waals surface area (Å²) in [6, 6.07) is 9.33. The third-order valence-electron chi connectivity index (χ3n) is 5.56. The molecule has 1 aliphatic carbocycles. The van der Waals surface area contributed by atoms with Gasteiger partial charge in [0.25, 0.3) is 0 Å². The van der Waals surface area contributed by atoms with Crippen LogP contribution in [0.1, 0.15) is 20.3 Å². The first-order valence-corrected chi connectivity index (χ1v) is 7.90. The van der Waals surface area contributed by atoms with E-state index in [1.807, 2.05) is 30.3 Å². The Hall–Kier alpha value is -1.59. The second-order valence-corrected chi connectivity index (χ2v) is 6.75. The summed E-state index contributed by atoms with van der Waals surface area (Å²) in [6.07, 6.45) is 0.0519. The molecule has 0 spiro atoms. The van der Waals surface area contributed by atoms with E-state index in [4.69, 9.17) is 14.2 Å². The minimum atomic E-state index is -0.422. The van der Waals surface area contributed by atoms with E-state index in [9.17, 15) is 4.79 Å². The lowest BCUT2D eigenvalue weighted by atomic mass is 9.76. The molecule has 1 aromatic rings. The summed E-state index contributed by atoms with van der Waals surface area (Å²) in [5, 5.41) is 2.77. The fourth-order valence-corrected chi connectivity index (χ4v) is 4.25. The molecule has 1 N–H and O–H groups in total. The summed E-state index contributed by atoms with van der Waals surface area (Å²) in [4.78, 5) is 12.2. The zero-order chi connectivity index (χ0) is 15.3. The molecule has 0 aromatic heterocycles. The minimum absolute atomic E-state index is 0.161. The van der Waals surface area contributed by atoms with Crippen LogP contribution in [0.5, 0.6) is 0 Å². The fourth-order valence-electron chi connectivity index (χ4n) is 4.25. The predicted octanol–water partition coefficient (Wildman–Crippen LogP) is 3.02. The molecule has 1 saturated carbocycles. The quantitative estimate of drug-likeness (QED) is 0.912. The molecule has 118 valence electrons. The molecule has 4 fully saturated rings. The van der Waals surface area contributed by atoms with Crippen LogP contribution in [-0.2, 0) is 14.2 Å². The number of carbonyl (C=O) groups excluding carboxylic acids is 1. The van der Waals surface area contributed by atoms with E-state index in [1.54, 1.807) is 0 Å². The van der Waals surface area contributed by atoms with Crippen molar-refractivity contribution in [3.63, 3.8) is 0 Å². The van der Waals surface area contributed by atoms with Gasteiger partial charge in [0.15, 0.2) is 6.29 Å². The maximum absolute atomic E-state index is 12.2. The van der Waals surface area contributed by atoms with Gasteiger partial charge in [-0.15, -0.1) is 0 Å². The van der Waals surface area contributed by atoms with Gasteiger partial charge in [-0.2, -0.15) is 0 Å². The van der Waals surface area contributed by atoms with E-state index in [1.165, 1.54) is 0 Å². The van der Waals surface area contributed by atoms with Crippen molar-refractivity contribution in [2.75, 3.05) is 11.9 Å². The largest absolute Gasteiger partial charge is 0.443 e. The molecule has 1 amide bonds. The molecule has 5 unspecified atom stereocenters. The Labute approximate surface area is 129 Å². The molecule has 4 aliphatic rings. The van der Waals surface area contributed by atoms with E-state index in [0.29, 0.717) is 24.4 Å². The Morgan fingerprint density at radius 3 is 2.86 bits per heavy atom. The van der Waals surface area contributed by atoms with Gasteiger partial charge in [0.05, 0.1) is 6.61 Å². The van der Waals surface area contributed by atoms with Crippen LogP contribution in [0.15, 0.2) is 30.3 Å². The predicted molar refractivity (Wildman–Crippen MR) is 80.3 cm³/mol. The van der Waals surface area contributed by atoms with Gasteiger partial charge < -0.3 is 14.2 Å². The number of carbonyl (C=O) groups is 1. The van der Waals surface area contributed by atoms with Gasteiger partial charge in [0, 0.05) is 17.5 Å². The summed E-state index contributed by atoms with van der Waals surface area (Å²) in [7, 11) is 0. The lowest BCUT2D eigenvalue weighted by molar-refractivity contribution is -0.337. The number of amides is 1. The van der Waals surface area contributed by atoms with Crippen molar-refractivity contribution in [3.8, 4) is 0 Å². The number of rotatable bonds is 2. The van der Waals surface area contributed by atoms with Gasteiger partial charge in [-0.3, -0.25) is 5.32 Å². The summed E-state index contributed by atoms with van der Waals surface area (Å²) in [5.41, 5.74) is 0.312. The topological polar surface area (TPSA) is 56.8 Å². The molecule has 5 rings (SSSR count). The van der Waals surface area contributed by atoms with Crippen molar-refractivity contribution < 1.29 is 19.0 Å². The maximum Gasteiger partial charge on any atom is 0.411 e. The van der Waals surface area contributed by atoms with Crippen LogP contribution in [-0.4, -0.2) is 30.7 Å². The molecule has 3 saturated heterocycles. The van der Waals surface area contributed by atoms with Crippen LogP contribution in [0.25, 0.3) is 0 Å². The Morgan fingerprint density at radius 1 is 1.36 bits per heavy atom. The zero-order valence-corrected chi connectivity index (χ0v) is 12.8. The van der Waals surface area contributed by atoms with Crippen LogP contribution in [0.4, 0.5) is 10.5 Å². The van der Waals surface area contributed by atoms with Crippen molar-refractivity contribution in [3.05, 3.63) is 30.3 Å². The molecule has 1 aromatic carbocycles. The highest BCUT2D eigenvalue weighted by Gasteiger charge is 2.64. The molecule has 22 heavy (non-hydrogen) atoms. The summed E-state index contributed by atoms with van der Waals surface area (Å²) < 4.78 is 17.5. The van der Waals surface area contributed by atoms with E-state index >= 15 is 0 Å². The minimum Gasteiger partial charge on any atom is -0.443 e. The first-order valence-electron chi connectivity index (χ1n) is 7.90. The smallest absolute Gasteiger partial charge is 0.411 e. The first-order chi connectivity index (χ1) is 10.6. The summed E-state index contributed by atoms with van der Waals surface area (Å²) >= 11 is 0. The number of nitrogens with one attached hydrogen (secondary N) is 1. The van der Waals surface area contributed by atoms with Gasteiger partial charge in [-0.25, -0.2) is 4.79 Å². The monoisotopic (exact) mass is 303 g/mol. The van der Waals surface area contributed by atoms with Crippen molar-refractivity contribution in [2.24, 2.45) is 17.8 Å². The normalized spacial score (nSPS) is 42.2. The highest BCUT2D eigenvalue weighted by Crippen LogP contribution is 2.56. The number of fused-ring (bicyclic) bond motifs is 1. The fraction of sp³-hybridized carbons (Fsp3) is 0.588. The Morgan fingerprint density at radius 2 is 2.14 bits per heavy atom. The number of anilines is 1. The molecule has 4 bridgehead atoms. The van der Waals surface area contributed by atoms with Crippen molar-refractivity contribution >= 4 is 11.8 Å². The molecule has 5 heteroatoms. The van der Waals surface area contributed by atoms with Crippen molar-refractivity contribution in [1.82, 2.24) is 0 Å². The molecular formula is C17H21NO4. The molecule has 5 nitrogen and oxygen atoms in total. The van der Waals surface area contributed by atoms with Gasteiger partial charge >= 0.3 is 6.09 Å². The standard InChI is InChI=1S/C17H21NO4/c1-10-12-8-14(17(2)13(12)9-20-15(10)22-17)21-16(19)18-11-6-4-3-5-7-11/h3-7,10,12-15H,8-9H2,1-2H3,(H,18,19)/t10?,12?,13?,14-,15?,17?/m1/s1. The Bertz CT molecular complexity index is 577. The van der Waals surface area contributed by atoms with E-state index in [2.05, 4.69) is 19.2 Å². The molecule has 3 aliphatic heterocycles. The molecule has 6 atom stereocenters. The average molecular weight is 303 g/mol. The van der Waals surface area contributed by atoms with E-state index in [-0.39, 0.29) is 12.4 Å². The molecule has 3 heterocycles. The number of hydrogen-bond donors (Lipinski definition) is 1. The summed E-state index contributed by atoms with van der Waals surface area (Å²) in [5.74, 6) is 1.17. The number of hydrogen-bond acceptors (Lipinski definition) is 4. The zero-order valence-electron chi connectivity index (χ0n) is 12.8. The second-order valence-electron chi connectivity index (χ2n) is 6.75. The van der Waals surface area contributed by atoms with Crippen LogP contribution >= 0.6 is 0 Å². The van der Waals surface area contributed by atoms with Crippen LogP contribution in [0.3, 0.4) is 0 Å². The highest BCUT2D eigenvalue weighted by molar-refractivity contribution is 5.84. The van der Waals surface area contributed by atoms with Gasteiger partial charge in [0.2, 0.25) is 0 Å². The number of ether oxygens (including phenoxy) is 3. The summed E-state index contributed by atoms with van der Waals surface area (Å²) in [6.45, 7) is 4.92. The van der Waals surface area contributed by atoms with Crippen LogP contribution < -0.4 is 5.32 Å². The van der Waals surface area contributed by atoms with Crippen molar-refractivity contribution in [1.29, 1.82) is 0 Å². The maximum atomic E-state index is 12.2. The second kappa shape index (κ2) is 4.96.